The molecule has 0 fully saturated rings. The Balaban J connectivity index is 1.47. The smallest absolute Gasteiger partial charge is 0.254 e. The van der Waals surface area contributed by atoms with E-state index in [-0.39, 0.29) is 5.91 Å². The predicted octanol–water partition coefficient (Wildman–Crippen LogP) is 3.71. The van der Waals surface area contributed by atoms with Crippen LogP contribution in [0.4, 0.5) is 5.95 Å². The number of aromatic nitrogens is 2. The van der Waals surface area contributed by atoms with Gasteiger partial charge in [0.1, 0.15) is 0 Å². The lowest BCUT2D eigenvalue weighted by Gasteiger charge is -2.07. The minimum absolute atomic E-state index is 0.195. The van der Waals surface area contributed by atoms with Crippen molar-refractivity contribution in [3.8, 4) is 0 Å². The molecule has 0 aliphatic carbocycles. The Bertz CT molecular complexity index is 853. The third-order valence-corrected chi connectivity index (χ3v) is 4.03. The van der Waals surface area contributed by atoms with Gasteiger partial charge in [-0.15, -0.1) is 0 Å². The largest absolute Gasteiger partial charge is 0.354 e. The molecule has 6 heteroatoms. The van der Waals surface area contributed by atoms with Gasteiger partial charge in [0.15, 0.2) is 0 Å². The van der Waals surface area contributed by atoms with E-state index < -0.39 is 0 Å². The summed E-state index contributed by atoms with van der Waals surface area (Å²) in [6, 6.07) is 17.5. The van der Waals surface area contributed by atoms with E-state index in [4.69, 9.17) is 11.6 Å². The van der Waals surface area contributed by atoms with Gasteiger partial charge in [-0.1, -0.05) is 54.1 Å². The maximum Gasteiger partial charge on any atom is 0.254 e. The van der Waals surface area contributed by atoms with Crippen LogP contribution in [0.25, 0.3) is 0 Å². The normalized spacial score (nSPS) is 10.3. The molecule has 0 aliphatic heterocycles. The van der Waals surface area contributed by atoms with Crippen molar-refractivity contribution in [3.63, 3.8) is 0 Å². The third kappa shape index (κ3) is 5.29. The fourth-order valence-electron chi connectivity index (χ4n) is 2.43. The zero-order chi connectivity index (χ0) is 18.2. The SMILES string of the molecule is O=C(NCc1ccccc1)c1cnc(NCCc2cccc(Cl)c2)nc1. The number of hydrogen-bond acceptors (Lipinski definition) is 4. The van der Waals surface area contributed by atoms with Crippen LogP contribution in [0.15, 0.2) is 67.0 Å². The molecule has 2 aromatic carbocycles. The molecule has 132 valence electrons. The minimum Gasteiger partial charge on any atom is -0.354 e. The Morgan fingerprint density at radius 1 is 0.962 bits per heavy atom. The molecular weight excluding hydrogens is 348 g/mol. The van der Waals surface area contributed by atoms with E-state index in [0.717, 1.165) is 22.6 Å². The van der Waals surface area contributed by atoms with E-state index in [0.29, 0.717) is 24.6 Å². The second kappa shape index (κ2) is 8.97. The van der Waals surface area contributed by atoms with Crippen molar-refractivity contribution in [2.75, 3.05) is 11.9 Å². The van der Waals surface area contributed by atoms with Gasteiger partial charge in [-0.3, -0.25) is 4.79 Å². The Morgan fingerprint density at radius 2 is 1.69 bits per heavy atom. The molecule has 26 heavy (non-hydrogen) atoms. The number of hydrogen-bond donors (Lipinski definition) is 2. The van der Waals surface area contributed by atoms with Crippen LogP contribution < -0.4 is 10.6 Å². The Labute approximate surface area is 157 Å². The zero-order valence-electron chi connectivity index (χ0n) is 14.2. The number of nitrogens with zero attached hydrogens (tertiary/aromatic N) is 2. The predicted molar refractivity (Wildman–Crippen MR) is 103 cm³/mol. The van der Waals surface area contributed by atoms with Crippen molar-refractivity contribution in [1.82, 2.24) is 15.3 Å². The number of carbonyl (C=O) groups excluding carboxylic acids is 1. The summed E-state index contributed by atoms with van der Waals surface area (Å²) in [5.41, 5.74) is 2.62. The van der Waals surface area contributed by atoms with Crippen LogP contribution in [-0.2, 0) is 13.0 Å². The molecule has 0 radical (unpaired) electrons. The summed E-state index contributed by atoms with van der Waals surface area (Å²) in [7, 11) is 0. The number of anilines is 1. The van der Waals surface area contributed by atoms with E-state index in [2.05, 4.69) is 20.6 Å². The van der Waals surface area contributed by atoms with E-state index in [1.807, 2.05) is 54.6 Å². The molecule has 0 unspecified atom stereocenters. The average molecular weight is 367 g/mol. The summed E-state index contributed by atoms with van der Waals surface area (Å²) in [5, 5.41) is 6.72. The van der Waals surface area contributed by atoms with Crippen LogP contribution >= 0.6 is 11.6 Å². The first-order valence-electron chi connectivity index (χ1n) is 8.33. The van der Waals surface area contributed by atoms with Gasteiger partial charge in [-0.2, -0.15) is 0 Å². The molecule has 0 aliphatic rings. The lowest BCUT2D eigenvalue weighted by molar-refractivity contribution is 0.0950. The van der Waals surface area contributed by atoms with Crippen LogP contribution in [0.5, 0.6) is 0 Å². The highest BCUT2D eigenvalue weighted by Crippen LogP contribution is 2.11. The van der Waals surface area contributed by atoms with Gasteiger partial charge in [0, 0.05) is 30.5 Å². The molecular formula is C20H19ClN4O. The van der Waals surface area contributed by atoms with Crippen molar-refractivity contribution < 1.29 is 4.79 Å². The van der Waals surface area contributed by atoms with Crippen molar-refractivity contribution in [1.29, 1.82) is 0 Å². The molecule has 0 bridgehead atoms. The maximum absolute atomic E-state index is 12.1. The number of halogens is 1. The molecule has 2 N–H and O–H groups in total. The van der Waals surface area contributed by atoms with Crippen LogP contribution in [0.3, 0.4) is 0 Å². The van der Waals surface area contributed by atoms with Crippen molar-refractivity contribution in [2.45, 2.75) is 13.0 Å². The quantitative estimate of drug-likeness (QED) is 0.668. The highest BCUT2D eigenvalue weighted by molar-refractivity contribution is 6.30. The number of amides is 1. The monoisotopic (exact) mass is 366 g/mol. The standard InChI is InChI=1S/C20H19ClN4O/c21-18-8-4-7-15(11-18)9-10-22-20-24-13-17(14-25-20)19(26)23-12-16-5-2-1-3-6-16/h1-8,11,13-14H,9-10,12H2,(H,23,26)(H,22,24,25). The molecule has 1 heterocycles. The summed E-state index contributed by atoms with van der Waals surface area (Å²) in [6.07, 6.45) is 3.85. The van der Waals surface area contributed by atoms with Crippen molar-refractivity contribution in [2.24, 2.45) is 0 Å². The summed E-state index contributed by atoms with van der Waals surface area (Å²) in [4.78, 5) is 20.5. The van der Waals surface area contributed by atoms with Gasteiger partial charge in [0.25, 0.3) is 5.91 Å². The second-order valence-corrected chi connectivity index (χ2v) is 6.21. The molecule has 3 aromatic rings. The van der Waals surface area contributed by atoms with E-state index in [1.165, 1.54) is 12.4 Å². The number of benzene rings is 2. The van der Waals surface area contributed by atoms with Gasteiger partial charge >= 0.3 is 0 Å². The summed E-state index contributed by atoms with van der Waals surface area (Å²) in [6.45, 7) is 1.15. The van der Waals surface area contributed by atoms with Crippen molar-refractivity contribution in [3.05, 3.63) is 88.7 Å². The minimum atomic E-state index is -0.195. The number of nitrogens with one attached hydrogen (secondary N) is 2. The molecule has 1 amide bonds. The second-order valence-electron chi connectivity index (χ2n) is 5.77. The van der Waals surface area contributed by atoms with E-state index >= 15 is 0 Å². The Morgan fingerprint density at radius 3 is 2.42 bits per heavy atom. The van der Waals surface area contributed by atoms with Gasteiger partial charge in [0.05, 0.1) is 5.56 Å². The third-order valence-electron chi connectivity index (χ3n) is 3.80. The first-order chi connectivity index (χ1) is 12.7. The molecule has 0 saturated carbocycles. The molecule has 1 aromatic heterocycles. The number of rotatable bonds is 7. The van der Waals surface area contributed by atoms with Gasteiger partial charge in [-0.25, -0.2) is 9.97 Å². The molecule has 0 spiro atoms. The molecule has 5 nitrogen and oxygen atoms in total. The summed E-state index contributed by atoms with van der Waals surface area (Å²) in [5.74, 6) is 0.297. The highest BCUT2D eigenvalue weighted by atomic mass is 35.5. The lowest BCUT2D eigenvalue weighted by atomic mass is 10.1. The lowest BCUT2D eigenvalue weighted by Crippen LogP contribution is -2.23. The maximum atomic E-state index is 12.1. The molecule has 0 saturated heterocycles. The Kier molecular flexibility index (Phi) is 6.17. The van der Waals surface area contributed by atoms with Crippen LogP contribution in [0.2, 0.25) is 5.02 Å². The van der Waals surface area contributed by atoms with E-state index in [1.54, 1.807) is 0 Å². The summed E-state index contributed by atoms with van der Waals surface area (Å²) < 4.78 is 0. The fourth-order valence-corrected chi connectivity index (χ4v) is 2.64. The molecule has 3 rings (SSSR count). The zero-order valence-corrected chi connectivity index (χ0v) is 14.9. The first-order valence-corrected chi connectivity index (χ1v) is 8.71. The van der Waals surface area contributed by atoms with Gasteiger partial charge in [0.2, 0.25) is 5.95 Å². The first kappa shape index (κ1) is 17.9. The summed E-state index contributed by atoms with van der Waals surface area (Å²) >= 11 is 5.97. The van der Waals surface area contributed by atoms with Gasteiger partial charge in [-0.05, 0) is 29.7 Å². The van der Waals surface area contributed by atoms with E-state index in [9.17, 15) is 4.79 Å². The highest BCUT2D eigenvalue weighted by Gasteiger charge is 2.07. The topological polar surface area (TPSA) is 66.9 Å². The van der Waals surface area contributed by atoms with Crippen molar-refractivity contribution >= 4 is 23.5 Å². The average Bonchev–Trinajstić information content (AvgIpc) is 2.67. The molecule has 0 atom stereocenters. The van der Waals surface area contributed by atoms with Crippen LogP contribution in [0.1, 0.15) is 21.5 Å². The number of carbonyl (C=O) groups is 1. The van der Waals surface area contributed by atoms with Crippen LogP contribution in [-0.4, -0.2) is 22.4 Å². The fraction of sp³-hybridized carbons (Fsp3) is 0.150. The van der Waals surface area contributed by atoms with Crippen LogP contribution in [0, 0.1) is 0 Å². The van der Waals surface area contributed by atoms with Gasteiger partial charge < -0.3 is 10.6 Å². The Hall–Kier alpha value is -2.92.